The van der Waals surface area contributed by atoms with E-state index in [9.17, 15) is 16.8 Å². The number of ether oxygens (including phenoxy) is 1. The molecule has 0 aromatic heterocycles. The van der Waals surface area contributed by atoms with Crippen LogP contribution < -0.4 is 9.46 Å². The van der Waals surface area contributed by atoms with Crippen molar-refractivity contribution in [2.45, 2.75) is 17.9 Å². The molecule has 0 aliphatic rings. The Morgan fingerprint density at radius 1 is 1.26 bits per heavy atom. The zero-order valence-electron chi connectivity index (χ0n) is 10.5. The van der Waals surface area contributed by atoms with Crippen LogP contribution in [0.3, 0.4) is 0 Å². The first-order valence-corrected chi connectivity index (χ1v) is 9.34. The number of methoxy groups -OCH3 is 1. The van der Waals surface area contributed by atoms with Gasteiger partial charge in [-0.25, -0.2) is 21.6 Å². The van der Waals surface area contributed by atoms with E-state index in [1.165, 1.54) is 19.2 Å². The van der Waals surface area contributed by atoms with Crippen LogP contribution in [-0.4, -0.2) is 30.2 Å². The molecule has 0 saturated carbocycles. The fourth-order valence-corrected chi connectivity index (χ4v) is 3.35. The largest absolute Gasteiger partial charge is 0.495 e. The molecule has 1 unspecified atom stereocenters. The predicted octanol–water partition coefficient (Wildman–Crippen LogP) is 1.23. The van der Waals surface area contributed by atoms with Gasteiger partial charge in [0.1, 0.15) is 10.6 Å². The average molecular weight is 328 g/mol. The lowest BCUT2D eigenvalue weighted by molar-refractivity contribution is 0.402. The summed E-state index contributed by atoms with van der Waals surface area (Å²) in [5.41, 5.74) is 0.463. The van der Waals surface area contributed by atoms with Gasteiger partial charge >= 0.3 is 0 Å². The molecule has 1 N–H and O–H groups in total. The number of halogens is 1. The van der Waals surface area contributed by atoms with Gasteiger partial charge in [0.05, 0.1) is 13.4 Å². The normalized spacial score (nSPS) is 14.1. The third-order valence-corrected chi connectivity index (χ3v) is 4.47. The highest BCUT2D eigenvalue weighted by molar-refractivity contribution is 8.13. The van der Waals surface area contributed by atoms with Crippen molar-refractivity contribution in [3.63, 3.8) is 0 Å². The number of hydrogen-bond acceptors (Lipinski definition) is 5. The van der Waals surface area contributed by atoms with E-state index in [1.54, 1.807) is 13.0 Å². The predicted molar refractivity (Wildman–Crippen MR) is 72.4 cm³/mol. The summed E-state index contributed by atoms with van der Waals surface area (Å²) in [5.74, 6) is 0.102. The minimum absolute atomic E-state index is 0.102. The highest BCUT2D eigenvalue weighted by Crippen LogP contribution is 2.29. The Balaban J connectivity index is 3.26. The van der Waals surface area contributed by atoms with Gasteiger partial charge in [0.15, 0.2) is 0 Å². The minimum atomic E-state index is -3.98. The Morgan fingerprint density at radius 3 is 2.26 bits per heavy atom. The van der Waals surface area contributed by atoms with Gasteiger partial charge in [0.2, 0.25) is 10.0 Å². The summed E-state index contributed by atoms with van der Waals surface area (Å²) in [6, 6.07) is 3.68. The third-order valence-electron chi connectivity index (χ3n) is 2.34. The van der Waals surface area contributed by atoms with E-state index in [1.807, 2.05) is 0 Å². The maximum atomic E-state index is 11.4. The van der Waals surface area contributed by atoms with E-state index in [0.717, 1.165) is 6.26 Å². The van der Waals surface area contributed by atoms with Crippen LogP contribution >= 0.6 is 10.7 Å². The van der Waals surface area contributed by atoms with Crippen LogP contribution in [0.2, 0.25) is 0 Å². The first-order chi connectivity index (χ1) is 8.54. The van der Waals surface area contributed by atoms with Crippen molar-refractivity contribution in [1.82, 2.24) is 4.72 Å². The first kappa shape index (κ1) is 16.2. The van der Waals surface area contributed by atoms with Crippen LogP contribution in [0.5, 0.6) is 5.75 Å². The lowest BCUT2D eigenvalue weighted by atomic mass is 10.1. The summed E-state index contributed by atoms with van der Waals surface area (Å²) in [7, 11) is -0.750. The van der Waals surface area contributed by atoms with E-state index in [4.69, 9.17) is 15.4 Å². The summed E-state index contributed by atoms with van der Waals surface area (Å²) in [5, 5.41) is 0. The van der Waals surface area contributed by atoms with Crippen LogP contribution in [0.4, 0.5) is 0 Å². The van der Waals surface area contributed by atoms with Crippen LogP contribution in [0.15, 0.2) is 23.1 Å². The van der Waals surface area contributed by atoms with Crippen LogP contribution in [0.1, 0.15) is 18.5 Å². The lowest BCUT2D eigenvalue weighted by Gasteiger charge is -2.14. The topological polar surface area (TPSA) is 89.5 Å². The highest BCUT2D eigenvalue weighted by Gasteiger charge is 2.20. The Bertz CT molecular complexity index is 669. The molecule has 0 spiro atoms. The van der Waals surface area contributed by atoms with Crippen molar-refractivity contribution in [2.24, 2.45) is 0 Å². The molecule has 0 heterocycles. The molecule has 1 aromatic carbocycles. The summed E-state index contributed by atoms with van der Waals surface area (Å²) in [6.45, 7) is 1.59. The molecule has 0 radical (unpaired) electrons. The SMILES string of the molecule is COc1ccc(C(C)NS(C)(=O)=O)cc1S(=O)(=O)Cl. The zero-order valence-corrected chi connectivity index (χ0v) is 12.9. The maximum absolute atomic E-state index is 11.4. The number of sulfonamides is 1. The Hall–Kier alpha value is -0.830. The third kappa shape index (κ3) is 4.64. The second-order valence-corrected chi connectivity index (χ2v) is 8.27. The van der Waals surface area contributed by atoms with E-state index in [-0.39, 0.29) is 10.6 Å². The number of benzene rings is 1. The minimum Gasteiger partial charge on any atom is -0.495 e. The van der Waals surface area contributed by atoms with Gasteiger partial charge in [0, 0.05) is 16.7 Å². The molecular weight excluding hydrogens is 314 g/mol. The Kier molecular flexibility index (Phi) is 4.83. The van der Waals surface area contributed by atoms with E-state index in [0.29, 0.717) is 5.56 Å². The van der Waals surface area contributed by atoms with Crippen molar-refractivity contribution >= 4 is 29.8 Å². The zero-order chi connectivity index (χ0) is 14.8. The van der Waals surface area contributed by atoms with E-state index >= 15 is 0 Å². The van der Waals surface area contributed by atoms with Gasteiger partial charge in [-0.1, -0.05) is 6.07 Å². The second-order valence-electron chi connectivity index (χ2n) is 3.96. The molecule has 0 amide bonds. The van der Waals surface area contributed by atoms with Crippen molar-refractivity contribution in [3.8, 4) is 5.75 Å². The molecule has 0 bridgehead atoms. The first-order valence-electron chi connectivity index (χ1n) is 5.14. The fraction of sp³-hybridized carbons (Fsp3) is 0.400. The summed E-state index contributed by atoms with van der Waals surface area (Å²) < 4.78 is 52.4. The molecule has 0 aliphatic heterocycles. The Morgan fingerprint density at radius 2 is 1.84 bits per heavy atom. The molecular formula is C10H14ClNO5S2. The number of rotatable bonds is 5. The van der Waals surface area contributed by atoms with Crippen LogP contribution in [0, 0.1) is 0 Å². The highest BCUT2D eigenvalue weighted by atomic mass is 35.7. The molecule has 1 atom stereocenters. The van der Waals surface area contributed by atoms with E-state index < -0.39 is 25.1 Å². The average Bonchev–Trinajstić information content (AvgIpc) is 2.24. The summed E-state index contributed by atoms with van der Waals surface area (Å²) >= 11 is 0. The fourth-order valence-electron chi connectivity index (χ4n) is 1.54. The number of hydrogen-bond donors (Lipinski definition) is 1. The van der Waals surface area contributed by atoms with Gasteiger partial charge in [-0.3, -0.25) is 0 Å². The molecule has 0 fully saturated rings. The standard InChI is InChI=1S/C10H14ClNO5S2/c1-7(12-18(3,13)14)8-4-5-9(17-2)10(6-8)19(11,15)16/h4-7,12H,1-3H3. The van der Waals surface area contributed by atoms with Crippen molar-refractivity contribution in [1.29, 1.82) is 0 Å². The van der Waals surface area contributed by atoms with Gasteiger partial charge < -0.3 is 4.74 Å². The Labute approximate surface area is 117 Å². The molecule has 19 heavy (non-hydrogen) atoms. The molecule has 1 aromatic rings. The van der Waals surface area contributed by atoms with Gasteiger partial charge in [-0.15, -0.1) is 0 Å². The van der Waals surface area contributed by atoms with Crippen molar-refractivity contribution in [2.75, 3.05) is 13.4 Å². The van der Waals surface area contributed by atoms with E-state index in [2.05, 4.69) is 4.72 Å². The smallest absolute Gasteiger partial charge is 0.264 e. The number of nitrogens with one attached hydrogen (secondary N) is 1. The summed E-state index contributed by atoms with van der Waals surface area (Å²) in [4.78, 5) is -0.198. The van der Waals surface area contributed by atoms with Gasteiger partial charge in [-0.05, 0) is 24.6 Å². The second kappa shape index (κ2) is 5.66. The molecule has 6 nitrogen and oxygen atoms in total. The molecule has 0 saturated heterocycles. The van der Waals surface area contributed by atoms with Crippen LogP contribution in [-0.2, 0) is 19.1 Å². The van der Waals surface area contributed by atoms with Gasteiger partial charge in [-0.2, -0.15) is 0 Å². The maximum Gasteiger partial charge on any atom is 0.264 e. The monoisotopic (exact) mass is 327 g/mol. The van der Waals surface area contributed by atoms with Crippen molar-refractivity contribution in [3.05, 3.63) is 23.8 Å². The van der Waals surface area contributed by atoms with Crippen molar-refractivity contribution < 1.29 is 21.6 Å². The molecule has 1 rings (SSSR count). The summed E-state index contributed by atoms with van der Waals surface area (Å²) in [6.07, 6.45) is 1.02. The quantitative estimate of drug-likeness (QED) is 0.822. The lowest BCUT2D eigenvalue weighted by Crippen LogP contribution is -2.25. The molecule has 0 aliphatic carbocycles. The van der Waals surface area contributed by atoms with Gasteiger partial charge in [0.25, 0.3) is 9.05 Å². The molecule has 108 valence electrons. The van der Waals surface area contributed by atoms with Crippen LogP contribution in [0.25, 0.3) is 0 Å². The molecule has 9 heteroatoms.